The van der Waals surface area contributed by atoms with Gasteiger partial charge in [0.05, 0.1) is 16.1 Å². The fourth-order valence-corrected chi connectivity index (χ4v) is 2.02. The van der Waals surface area contributed by atoms with Crippen LogP contribution < -0.4 is 0 Å². The largest absolute Gasteiger partial charge is 0.478 e. The highest BCUT2D eigenvalue weighted by Gasteiger charge is 2.30. The summed E-state index contributed by atoms with van der Waals surface area (Å²) in [6.07, 6.45) is -4.48. The van der Waals surface area contributed by atoms with Gasteiger partial charge >= 0.3 is 12.1 Å². The van der Waals surface area contributed by atoms with E-state index in [1.165, 1.54) is 0 Å². The second-order valence-electron chi connectivity index (χ2n) is 4.19. The summed E-state index contributed by atoms with van der Waals surface area (Å²) in [5.74, 6) is -2.27. The van der Waals surface area contributed by atoms with Gasteiger partial charge in [0.1, 0.15) is 5.82 Å². The molecule has 2 nitrogen and oxygen atoms in total. The molecule has 0 bridgehead atoms. The van der Waals surface area contributed by atoms with Gasteiger partial charge in [-0.05, 0) is 29.8 Å². The van der Waals surface area contributed by atoms with Crippen molar-refractivity contribution >= 4 is 17.6 Å². The van der Waals surface area contributed by atoms with E-state index in [2.05, 4.69) is 0 Å². The van der Waals surface area contributed by atoms with Gasteiger partial charge in [0.15, 0.2) is 0 Å². The molecule has 110 valence electrons. The van der Waals surface area contributed by atoms with Gasteiger partial charge in [0, 0.05) is 5.56 Å². The monoisotopic (exact) mass is 318 g/mol. The Kier molecular flexibility index (Phi) is 3.91. The Morgan fingerprint density at radius 1 is 1.10 bits per heavy atom. The highest BCUT2D eigenvalue weighted by molar-refractivity contribution is 6.33. The van der Waals surface area contributed by atoms with Gasteiger partial charge in [0.2, 0.25) is 0 Å². The molecule has 2 rings (SSSR count). The standard InChI is InChI=1S/C14H7ClF4O2/c15-11-5-9(12(16)6-10(11)13(20)21)7-1-3-8(4-2-7)14(17,18)19/h1-6H,(H,20,21). The van der Waals surface area contributed by atoms with E-state index in [1.54, 1.807) is 0 Å². The maximum absolute atomic E-state index is 13.9. The lowest BCUT2D eigenvalue weighted by Gasteiger charge is -2.09. The average Bonchev–Trinajstić information content (AvgIpc) is 2.40. The first-order valence-corrected chi connectivity index (χ1v) is 5.98. The minimum atomic E-state index is -4.48. The van der Waals surface area contributed by atoms with E-state index in [1.807, 2.05) is 0 Å². The van der Waals surface area contributed by atoms with Crippen molar-refractivity contribution < 1.29 is 27.5 Å². The summed E-state index contributed by atoms with van der Waals surface area (Å²) < 4.78 is 51.2. The quantitative estimate of drug-likeness (QED) is 0.803. The zero-order valence-electron chi connectivity index (χ0n) is 10.2. The summed E-state index contributed by atoms with van der Waals surface area (Å²) in [7, 11) is 0. The van der Waals surface area contributed by atoms with E-state index in [0.717, 1.165) is 36.4 Å². The van der Waals surface area contributed by atoms with Gasteiger partial charge in [-0.3, -0.25) is 0 Å². The van der Waals surface area contributed by atoms with Crippen LogP contribution in [0.2, 0.25) is 5.02 Å². The van der Waals surface area contributed by atoms with Crippen LogP contribution in [0.15, 0.2) is 36.4 Å². The molecule has 0 radical (unpaired) electrons. The average molecular weight is 319 g/mol. The van der Waals surface area contributed by atoms with Crippen molar-refractivity contribution in [1.29, 1.82) is 0 Å². The Bertz CT molecular complexity index is 693. The molecule has 0 atom stereocenters. The van der Waals surface area contributed by atoms with E-state index >= 15 is 0 Å². The van der Waals surface area contributed by atoms with Crippen molar-refractivity contribution in [3.8, 4) is 11.1 Å². The maximum Gasteiger partial charge on any atom is 0.416 e. The second kappa shape index (κ2) is 5.37. The molecule has 0 spiro atoms. The van der Waals surface area contributed by atoms with Gasteiger partial charge < -0.3 is 5.11 Å². The van der Waals surface area contributed by atoms with E-state index in [9.17, 15) is 22.4 Å². The zero-order valence-corrected chi connectivity index (χ0v) is 11.0. The third kappa shape index (κ3) is 3.16. The van der Waals surface area contributed by atoms with Crippen molar-refractivity contribution in [2.24, 2.45) is 0 Å². The SMILES string of the molecule is O=C(O)c1cc(F)c(-c2ccc(C(F)(F)F)cc2)cc1Cl. The minimum Gasteiger partial charge on any atom is -0.478 e. The smallest absolute Gasteiger partial charge is 0.416 e. The zero-order chi connectivity index (χ0) is 15.8. The summed E-state index contributed by atoms with van der Waals surface area (Å²) in [6.45, 7) is 0. The highest BCUT2D eigenvalue weighted by Crippen LogP contribution is 2.33. The molecule has 1 N–H and O–H groups in total. The van der Waals surface area contributed by atoms with Gasteiger partial charge in [0.25, 0.3) is 0 Å². The van der Waals surface area contributed by atoms with Crippen LogP contribution in [-0.4, -0.2) is 11.1 Å². The highest BCUT2D eigenvalue weighted by atomic mass is 35.5. The molecule has 0 amide bonds. The number of halogens is 5. The van der Waals surface area contributed by atoms with Crippen molar-refractivity contribution in [2.45, 2.75) is 6.18 Å². The molecular weight excluding hydrogens is 312 g/mol. The molecule has 0 aliphatic rings. The predicted octanol–water partition coefficient (Wildman–Crippen LogP) is 4.86. The Morgan fingerprint density at radius 3 is 2.14 bits per heavy atom. The van der Waals surface area contributed by atoms with Gasteiger partial charge in [-0.1, -0.05) is 23.7 Å². The topological polar surface area (TPSA) is 37.3 Å². The molecule has 0 aliphatic carbocycles. The number of carbonyl (C=O) groups is 1. The lowest BCUT2D eigenvalue weighted by Crippen LogP contribution is -2.04. The van der Waals surface area contributed by atoms with Crippen molar-refractivity contribution in [1.82, 2.24) is 0 Å². The Morgan fingerprint density at radius 2 is 1.67 bits per heavy atom. The second-order valence-corrected chi connectivity index (χ2v) is 4.60. The predicted molar refractivity (Wildman–Crippen MR) is 68.8 cm³/mol. The number of benzene rings is 2. The first-order valence-electron chi connectivity index (χ1n) is 5.60. The number of carboxylic acids is 1. The van der Waals surface area contributed by atoms with Gasteiger partial charge in [-0.2, -0.15) is 13.2 Å². The Balaban J connectivity index is 2.48. The number of hydrogen-bond acceptors (Lipinski definition) is 1. The first kappa shape index (κ1) is 15.3. The van der Waals surface area contributed by atoms with Crippen LogP contribution in [0.4, 0.5) is 17.6 Å². The molecular formula is C14H7ClF4O2. The van der Waals surface area contributed by atoms with Crippen molar-refractivity contribution in [3.63, 3.8) is 0 Å². The normalized spacial score (nSPS) is 11.5. The third-order valence-electron chi connectivity index (χ3n) is 2.81. The van der Waals surface area contributed by atoms with E-state index in [-0.39, 0.29) is 16.1 Å². The van der Waals surface area contributed by atoms with Crippen LogP contribution in [-0.2, 0) is 6.18 Å². The van der Waals surface area contributed by atoms with Gasteiger partial charge in [-0.25, -0.2) is 9.18 Å². The molecule has 0 saturated carbocycles. The summed E-state index contributed by atoms with van der Waals surface area (Å²) >= 11 is 5.72. The molecule has 2 aromatic carbocycles. The lowest BCUT2D eigenvalue weighted by molar-refractivity contribution is -0.137. The number of carboxylic acid groups (broad SMARTS) is 1. The van der Waals surface area contributed by atoms with Gasteiger partial charge in [-0.15, -0.1) is 0 Å². The molecule has 7 heteroatoms. The number of alkyl halides is 3. The maximum atomic E-state index is 13.9. The molecule has 0 unspecified atom stereocenters. The fraction of sp³-hybridized carbons (Fsp3) is 0.0714. The van der Waals surface area contributed by atoms with Crippen LogP contribution in [0, 0.1) is 5.82 Å². The van der Waals surface area contributed by atoms with Crippen LogP contribution in [0.1, 0.15) is 15.9 Å². The van der Waals surface area contributed by atoms with E-state index < -0.39 is 29.1 Å². The van der Waals surface area contributed by atoms with Crippen LogP contribution >= 0.6 is 11.6 Å². The molecule has 0 saturated heterocycles. The molecule has 21 heavy (non-hydrogen) atoms. The van der Waals surface area contributed by atoms with Crippen molar-refractivity contribution in [2.75, 3.05) is 0 Å². The van der Waals surface area contributed by atoms with Crippen LogP contribution in [0.25, 0.3) is 11.1 Å². The first-order chi connectivity index (χ1) is 9.70. The van der Waals surface area contributed by atoms with Crippen LogP contribution in [0.3, 0.4) is 0 Å². The number of rotatable bonds is 2. The summed E-state index contributed by atoms with van der Waals surface area (Å²) in [6, 6.07) is 5.62. The number of hydrogen-bond donors (Lipinski definition) is 1. The van der Waals surface area contributed by atoms with E-state index in [4.69, 9.17) is 16.7 Å². The third-order valence-corrected chi connectivity index (χ3v) is 3.12. The molecule has 0 aliphatic heterocycles. The molecule has 0 aromatic heterocycles. The lowest BCUT2D eigenvalue weighted by atomic mass is 10.0. The Labute approximate surface area is 121 Å². The molecule has 0 fully saturated rings. The summed E-state index contributed by atoms with van der Waals surface area (Å²) in [5.41, 5.74) is -1.18. The molecule has 2 aromatic rings. The summed E-state index contributed by atoms with van der Waals surface area (Å²) in [5, 5.41) is 8.61. The molecule has 0 heterocycles. The summed E-state index contributed by atoms with van der Waals surface area (Å²) in [4.78, 5) is 10.8. The van der Waals surface area contributed by atoms with Crippen LogP contribution in [0.5, 0.6) is 0 Å². The van der Waals surface area contributed by atoms with Crippen molar-refractivity contribution in [3.05, 3.63) is 58.4 Å². The number of aromatic carboxylic acids is 1. The fourth-order valence-electron chi connectivity index (χ4n) is 1.77. The Hall–Kier alpha value is -2.08. The minimum absolute atomic E-state index is 0.0706. The van der Waals surface area contributed by atoms with E-state index in [0.29, 0.717) is 0 Å².